The summed E-state index contributed by atoms with van der Waals surface area (Å²) in [4.78, 5) is 14.7. The molecule has 1 fully saturated rings. The highest BCUT2D eigenvalue weighted by Crippen LogP contribution is 2.25. The number of pyridine rings is 2. The van der Waals surface area contributed by atoms with Crippen molar-refractivity contribution < 1.29 is 4.74 Å². The monoisotopic (exact) mass is 348 g/mol. The van der Waals surface area contributed by atoms with Gasteiger partial charge in [0.1, 0.15) is 6.10 Å². The molecule has 1 saturated heterocycles. The van der Waals surface area contributed by atoms with Crippen molar-refractivity contribution in [2.45, 2.75) is 25.9 Å². The second kappa shape index (κ2) is 7.30. The zero-order valence-corrected chi connectivity index (χ0v) is 15.3. The van der Waals surface area contributed by atoms with E-state index in [1.165, 1.54) is 0 Å². The van der Waals surface area contributed by atoms with Crippen LogP contribution in [0.5, 0.6) is 5.88 Å². The molecule has 0 saturated carbocycles. The first-order chi connectivity index (χ1) is 12.7. The average Bonchev–Trinajstić information content (AvgIpc) is 3.11. The molecule has 0 aromatic carbocycles. The molecular weight excluding hydrogens is 324 g/mol. The van der Waals surface area contributed by atoms with Crippen molar-refractivity contribution in [3.63, 3.8) is 0 Å². The van der Waals surface area contributed by atoms with Crippen LogP contribution < -0.4 is 4.74 Å². The van der Waals surface area contributed by atoms with E-state index in [1.807, 2.05) is 30.6 Å². The van der Waals surface area contributed by atoms with Gasteiger partial charge in [0.05, 0.1) is 5.69 Å². The molecule has 1 aliphatic heterocycles. The quantitative estimate of drug-likeness (QED) is 0.776. The molecule has 3 aromatic rings. The number of piperidine rings is 1. The number of nitrogens with zero attached hydrogens (tertiary/aromatic N) is 3. The zero-order chi connectivity index (χ0) is 17.9. The zero-order valence-electron chi connectivity index (χ0n) is 15.3. The first kappa shape index (κ1) is 16.8. The maximum atomic E-state index is 6.03. The molecule has 1 N–H and O–H groups in total. The number of hydrogen-bond donors (Lipinski definition) is 1. The Morgan fingerprint density at radius 1 is 1.04 bits per heavy atom. The topological polar surface area (TPSA) is 54.0 Å². The fourth-order valence-electron chi connectivity index (χ4n) is 3.30. The van der Waals surface area contributed by atoms with E-state index >= 15 is 0 Å². The van der Waals surface area contributed by atoms with Gasteiger partial charge < -0.3 is 14.6 Å². The number of likely N-dealkylation sites (tertiary alicyclic amines) is 1. The fourth-order valence-corrected chi connectivity index (χ4v) is 3.30. The van der Waals surface area contributed by atoms with Crippen LogP contribution in [0.1, 0.15) is 18.5 Å². The van der Waals surface area contributed by atoms with Crippen molar-refractivity contribution in [3.8, 4) is 28.4 Å². The number of aryl methyl sites for hydroxylation is 1. The highest BCUT2D eigenvalue weighted by atomic mass is 16.5. The lowest BCUT2D eigenvalue weighted by Crippen LogP contribution is -2.35. The van der Waals surface area contributed by atoms with Crippen LogP contribution in [-0.2, 0) is 0 Å². The molecule has 0 radical (unpaired) electrons. The number of nitrogens with one attached hydrogen (secondary N) is 1. The van der Waals surface area contributed by atoms with Crippen LogP contribution >= 0.6 is 0 Å². The maximum Gasteiger partial charge on any atom is 0.213 e. The van der Waals surface area contributed by atoms with Gasteiger partial charge in [-0.25, -0.2) is 4.98 Å². The molecule has 0 atom stereocenters. The van der Waals surface area contributed by atoms with Gasteiger partial charge in [-0.1, -0.05) is 0 Å². The third-order valence-electron chi connectivity index (χ3n) is 4.89. The molecule has 4 rings (SSSR count). The van der Waals surface area contributed by atoms with Gasteiger partial charge >= 0.3 is 0 Å². The summed E-state index contributed by atoms with van der Waals surface area (Å²) in [6.45, 7) is 4.22. The maximum absolute atomic E-state index is 6.03. The van der Waals surface area contributed by atoms with Crippen LogP contribution in [0, 0.1) is 6.92 Å². The second-order valence-electron chi connectivity index (χ2n) is 6.99. The number of aromatic amines is 1. The standard InChI is InChI=1S/C21H24N4O/c1-15-3-5-19(24-15)16-7-10-22-20(13-16)17-4-6-21(23-14-17)26-18-8-11-25(2)12-9-18/h3-7,10,13-14,18,24H,8-9,11-12H2,1-2H3. The molecule has 4 heterocycles. The molecule has 1 aliphatic rings. The van der Waals surface area contributed by atoms with Crippen molar-refractivity contribution in [3.05, 3.63) is 54.5 Å². The van der Waals surface area contributed by atoms with Crippen LogP contribution in [0.25, 0.3) is 22.5 Å². The number of ether oxygens (including phenoxy) is 1. The molecule has 134 valence electrons. The van der Waals surface area contributed by atoms with Gasteiger partial charge in [0, 0.05) is 54.1 Å². The molecule has 0 amide bonds. The van der Waals surface area contributed by atoms with Crippen LogP contribution in [0.4, 0.5) is 0 Å². The Kier molecular flexibility index (Phi) is 4.71. The van der Waals surface area contributed by atoms with Gasteiger partial charge in [-0.2, -0.15) is 0 Å². The summed E-state index contributed by atoms with van der Waals surface area (Å²) >= 11 is 0. The largest absolute Gasteiger partial charge is 0.474 e. The molecule has 0 unspecified atom stereocenters. The smallest absolute Gasteiger partial charge is 0.213 e. The van der Waals surface area contributed by atoms with Crippen molar-refractivity contribution >= 4 is 0 Å². The third-order valence-corrected chi connectivity index (χ3v) is 4.89. The third kappa shape index (κ3) is 3.78. The summed E-state index contributed by atoms with van der Waals surface area (Å²) in [6.07, 6.45) is 6.06. The number of aromatic nitrogens is 3. The predicted molar refractivity (Wildman–Crippen MR) is 103 cm³/mol. The molecule has 0 bridgehead atoms. The van der Waals surface area contributed by atoms with E-state index < -0.39 is 0 Å². The van der Waals surface area contributed by atoms with Crippen LogP contribution in [0.3, 0.4) is 0 Å². The summed E-state index contributed by atoms with van der Waals surface area (Å²) in [5.74, 6) is 0.694. The van der Waals surface area contributed by atoms with Gasteiger partial charge in [-0.3, -0.25) is 4.98 Å². The van der Waals surface area contributed by atoms with E-state index in [9.17, 15) is 0 Å². The molecule has 26 heavy (non-hydrogen) atoms. The summed E-state index contributed by atoms with van der Waals surface area (Å²) < 4.78 is 6.03. The van der Waals surface area contributed by atoms with E-state index in [0.717, 1.165) is 54.1 Å². The SMILES string of the molecule is Cc1ccc(-c2ccnc(-c3ccc(OC4CCN(C)CC4)nc3)c2)[nH]1. The van der Waals surface area contributed by atoms with Crippen molar-refractivity contribution in [1.82, 2.24) is 19.9 Å². The summed E-state index contributed by atoms with van der Waals surface area (Å²) in [6, 6.07) is 12.2. The second-order valence-corrected chi connectivity index (χ2v) is 6.99. The van der Waals surface area contributed by atoms with Gasteiger partial charge in [0.2, 0.25) is 5.88 Å². The molecule has 3 aromatic heterocycles. The molecule has 0 spiro atoms. The predicted octanol–water partition coefficient (Wildman–Crippen LogP) is 3.92. The molecular formula is C21H24N4O. The fraction of sp³-hybridized carbons (Fsp3) is 0.333. The highest BCUT2D eigenvalue weighted by Gasteiger charge is 2.18. The van der Waals surface area contributed by atoms with Gasteiger partial charge in [-0.15, -0.1) is 0 Å². The van der Waals surface area contributed by atoms with Gasteiger partial charge in [0.15, 0.2) is 0 Å². The van der Waals surface area contributed by atoms with Crippen molar-refractivity contribution in [2.75, 3.05) is 20.1 Å². The van der Waals surface area contributed by atoms with Crippen LogP contribution in [0.15, 0.2) is 48.8 Å². The number of rotatable bonds is 4. The van der Waals surface area contributed by atoms with Crippen LogP contribution in [0.2, 0.25) is 0 Å². The van der Waals surface area contributed by atoms with Crippen LogP contribution in [-0.4, -0.2) is 46.1 Å². The first-order valence-electron chi connectivity index (χ1n) is 9.11. The lowest BCUT2D eigenvalue weighted by molar-refractivity contribution is 0.110. The van der Waals surface area contributed by atoms with E-state index in [0.29, 0.717) is 5.88 Å². The minimum Gasteiger partial charge on any atom is -0.474 e. The van der Waals surface area contributed by atoms with Crippen molar-refractivity contribution in [1.29, 1.82) is 0 Å². The Morgan fingerprint density at radius 3 is 2.58 bits per heavy atom. The van der Waals surface area contributed by atoms with Crippen molar-refractivity contribution in [2.24, 2.45) is 0 Å². The van der Waals surface area contributed by atoms with E-state index in [-0.39, 0.29) is 6.10 Å². The normalized spacial score (nSPS) is 15.9. The highest BCUT2D eigenvalue weighted by molar-refractivity contribution is 5.68. The van der Waals surface area contributed by atoms with Gasteiger partial charge in [-0.05, 0) is 57.1 Å². The van der Waals surface area contributed by atoms with Gasteiger partial charge in [0.25, 0.3) is 0 Å². The molecule has 0 aliphatic carbocycles. The Bertz CT molecular complexity index is 864. The Hall–Kier alpha value is -2.66. The van der Waals surface area contributed by atoms with E-state index in [1.54, 1.807) is 0 Å². The minimum absolute atomic E-state index is 0.266. The summed E-state index contributed by atoms with van der Waals surface area (Å²) in [5.41, 5.74) is 5.27. The first-order valence-corrected chi connectivity index (χ1v) is 9.11. The van der Waals surface area contributed by atoms with E-state index in [4.69, 9.17) is 4.74 Å². The molecule has 5 heteroatoms. The van der Waals surface area contributed by atoms with E-state index in [2.05, 4.69) is 52.0 Å². The lowest BCUT2D eigenvalue weighted by atomic mass is 10.1. The summed E-state index contributed by atoms with van der Waals surface area (Å²) in [5, 5.41) is 0. The molecule has 5 nitrogen and oxygen atoms in total. The Morgan fingerprint density at radius 2 is 1.88 bits per heavy atom. The lowest BCUT2D eigenvalue weighted by Gasteiger charge is -2.28. The Balaban J connectivity index is 1.48. The summed E-state index contributed by atoms with van der Waals surface area (Å²) in [7, 11) is 2.15. The average molecular weight is 348 g/mol. The number of H-pyrrole nitrogens is 1. The number of hydrogen-bond acceptors (Lipinski definition) is 4. The Labute approximate surface area is 154 Å². The minimum atomic E-state index is 0.266.